The number of hydrogen-bond donors (Lipinski definition) is 0. The fraction of sp³-hybridized carbons (Fsp3) is 0.548. The van der Waals surface area contributed by atoms with E-state index in [1.54, 1.807) is 18.2 Å². The standard InChI is InChI=1S/C31H38F4O5/c1-3-5-7-8-10-28(31(33,34)35)40-30(37)23-12-11-22-19-25(15-13-21(22)18-23)39-29(36)24-14-16-27(26(32)20-24)38-17-9-6-4-2/h13-16,19-20,23,28H,3-12,17-18H2,1-2H3/t23?,28-/m1/s1. The van der Waals surface area contributed by atoms with Gasteiger partial charge in [-0.2, -0.15) is 13.2 Å². The number of alkyl halides is 3. The molecule has 0 fully saturated rings. The molecule has 2 atom stereocenters. The van der Waals surface area contributed by atoms with Crippen molar-refractivity contribution in [2.24, 2.45) is 5.92 Å². The summed E-state index contributed by atoms with van der Waals surface area (Å²) >= 11 is 0. The highest BCUT2D eigenvalue weighted by molar-refractivity contribution is 5.91. The number of fused-ring (bicyclic) bond motifs is 1. The first kappa shape index (κ1) is 31.4. The molecule has 0 radical (unpaired) electrons. The minimum Gasteiger partial charge on any atom is -0.491 e. The number of aryl methyl sites for hydroxylation is 1. The summed E-state index contributed by atoms with van der Waals surface area (Å²) in [6, 6.07) is 8.83. The topological polar surface area (TPSA) is 61.8 Å². The number of unbranched alkanes of at least 4 members (excludes halogenated alkanes) is 5. The molecular formula is C31H38F4O5. The zero-order valence-electron chi connectivity index (χ0n) is 23.2. The molecule has 1 unspecified atom stereocenters. The maximum absolute atomic E-state index is 14.4. The molecule has 5 nitrogen and oxygen atoms in total. The highest BCUT2D eigenvalue weighted by Crippen LogP contribution is 2.33. The number of carbonyl (C=O) groups is 2. The van der Waals surface area contributed by atoms with Crippen LogP contribution in [0, 0.1) is 11.7 Å². The summed E-state index contributed by atoms with van der Waals surface area (Å²) in [5.41, 5.74) is 1.66. The van der Waals surface area contributed by atoms with Crippen LogP contribution in [0.3, 0.4) is 0 Å². The highest BCUT2D eigenvalue weighted by atomic mass is 19.4. The lowest BCUT2D eigenvalue weighted by Gasteiger charge is -2.27. The Morgan fingerprint density at radius 1 is 0.950 bits per heavy atom. The molecule has 1 aliphatic rings. The van der Waals surface area contributed by atoms with Crippen molar-refractivity contribution in [3.63, 3.8) is 0 Å². The fourth-order valence-corrected chi connectivity index (χ4v) is 4.72. The van der Waals surface area contributed by atoms with Crippen LogP contribution in [0.1, 0.15) is 93.1 Å². The lowest BCUT2D eigenvalue weighted by Crippen LogP contribution is -2.37. The van der Waals surface area contributed by atoms with Crippen LogP contribution >= 0.6 is 0 Å². The van der Waals surface area contributed by atoms with Gasteiger partial charge >= 0.3 is 18.1 Å². The summed E-state index contributed by atoms with van der Waals surface area (Å²) in [4.78, 5) is 25.2. The van der Waals surface area contributed by atoms with Crippen molar-refractivity contribution in [2.75, 3.05) is 6.61 Å². The maximum atomic E-state index is 14.4. The van der Waals surface area contributed by atoms with Crippen LogP contribution in [0.15, 0.2) is 36.4 Å². The molecule has 40 heavy (non-hydrogen) atoms. The number of ether oxygens (including phenoxy) is 3. The van der Waals surface area contributed by atoms with Crippen LogP contribution in [-0.4, -0.2) is 30.8 Å². The van der Waals surface area contributed by atoms with Crippen LogP contribution in [0.5, 0.6) is 11.5 Å². The van der Waals surface area contributed by atoms with E-state index in [4.69, 9.17) is 14.2 Å². The van der Waals surface area contributed by atoms with Gasteiger partial charge in [0.2, 0.25) is 0 Å². The minimum atomic E-state index is -4.60. The number of hydrogen-bond acceptors (Lipinski definition) is 5. The number of halogens is 4. The van der Waals surface area contributed by atoms with Crippen LogP contribution in [0.25, 0.3) is 0 Å². The van der Waals surface area contributed by atoms with Gasteiger partial charge in [0.1, 0.15) is 5.75 Å². The fourth-order valence-electron chi connectivity index (χ4n) is 4.72. The van der Waals surface area contributed by atoms with Crippen LogP contribution in [0.2, 0.25) is 0 Å². The molecule has 0 bridgehead atoms. The number of rotatable bonds is 14. The molecule has 220 valence electrons. The average Bonchev–Trinajstić information content (AvgIpc) is 2.92. The molecule has 0 aromatic heterocycles. The van der Waals surface area contributed by atoms with E-state index in [0.29, 0.717) is 32.3 Å². The molecule has 9 heteroatoms. The molecule has 0 saturated carbocycles. The van der Waals surface area contributed by atoms with Gasteiger partial charge in [0, 0.05) is 0 Å². The molecular weight excluding hydrogens is 528 g/mol. The van der Waals surface area contributed by atoms with Crippen molar-refractivity contribution in [3.8, 4) is 11.5 Å². The van der Waals surface area contributed by atoms with Gasteiger partial charge in [-0.05, 0) is 80.0 Å². The van der Waals surface area contributed by atoms with Gasteiger partial charge in [-0.25, -0.2) is 9.18 Å². The molecule has 0 N–H and O–H groups in total. The second-order valence-corrected chi connectivity index (χ2v) is 10.3. The Hall–Kier alpha value is -3.10. The SMILES string of the molecule is CCCCCC[C@@H](OC(=O)C1CCc2cc(OC(=O)c3ccc(OCCCCC)c(F)c3)ccc2C1)C(F)(F)F. The molecule has 0 amide bonds. The van der Waals surface area contributed by atoms with Gasteiger partial charge in [0.25, 0.3) is 0 Å². The second kappa shape index (κ2) is 15.1. The molecule has 0 saturated heterocycles. The first-order valence-corrected chi connectivity index (χ1v) is 14.2. The second-order valence-electron chi connectivity index (χ2n) is 10.3. The first-order valence-electron chi connectivity index (χ1n) is 14.2. The predicted octanol–water partition coefficient (Wildman–Crippen LogP) is 8.16. The van der Waals surface area contributed by atoms with Crippen molar-refractivity contribution in [1.82, 2.24) is 0 Å². The van der Waals surface area contributed by atoms with Gasteiger partial charge in [-0.15, -0.1) is 0 Å². The quantitative estimate of drug-likeness (QED) is 0.0999. The third kappa shape index (κ3) is 9.24. The zero-order valence-corrected chi connectivity index (χ0v) is 23.2. The van der Waals surface area contributed by atoms with Crippen LogP contribution < -0.4 is 9.47 Å². The van der Waals surface area contributed by atoms with Gasteiger partial charge < -0.3 is 14.2 Å². The van der Waals surface area contributed by atoms with E-state index >= 15 is 0 Å². The zero-order chi connectivity index (χ0) is 29.1. The van der Waals surface area contributed by atoms with Crippen molar-refractivity contribution < 1.29 is 41.4 Å². The third-order valence-corrected chi connectivity index (χ3v) is 7.07. The van der Waals surface area contributed by atoms with E-state index in [-0.39, 0.29) is 29.9 Å². The van der Waals surface area contributed by atoms with E-state index < -0.39 is 36.0 Å². The Morgan fingerprint density at radius 2 is 1.70 bits per heavy atom. The summed E-state index contributed by atoms with van der Waals surface area (Å²) < 4.78 is 70.5. The average molecular weight is 567 g/mol. The predicted molar refractivity (Wildman–Crippen MR) is 143 cm³/mol. The van der Waals surface area contributed by atoms with Crippen molar-refractivity contribution in [2.45, 2.75) is 96.8 Å². The van der Waals surface area contributed by atoms with E-state index in [9.17, 15) is 27.2 Å². The molecule has 3 rings (SSSR count). The largest absolute Gasteiger partial charge is 0.491 e. The van der Waals surface area contributed by atoms with E-state index in [0.717, 1.165) is 49.3 Å². The Bertz CT molecular complexity index is 1130. The highest BCUT2D eigenvalue weighted by Gasteiger charge is 2.43. The Morgan fingerprint density at radius 3 is 2.40 bits per heavy atom. The minimum absolute atomic E-state index is 0.0350. The number of carbonyl (C=O) groups excluding carboxylic acids is 2. The van der Waals surface area contributed by atoms with Crippen molar-refractivity contribution >= 4 is 11.9 Å². The summed E-state index contributed by atoms with van der Waals surface area (Å²) in [5.74, 6) is -2.55. The lowest BCUT2D eigenvalue weighted by molar-refractivity contribution is -0.225. The summed E-state index contributed by atoms with van der Waals surface area (Å²) in [7, 11) is 0. The Balaban J connectivity index is 1.57. The van der Waals surface area contributed by atoms with E-state index in [1.807, 2.05) is 6.92 Å². The number of esters is 2. The van der Waals surface area contributed by atoms with E-state index in [2.05, 4.69) is 6.92 Å². The maximum Gasteiger partial charge on any atom is 0.425 e. The first-order chi connectivity index (χ1) is 19.1. The lowest BCUT2D eigenvalue weighted by atomic mass is 9.84. The summed E-state index contributed by atoms with van der Waals surface area (Å²) in [6.07, 6.45) is -0.352. The molecule has 0 aliphatic heterocycles. The summed E-state index contributed by atoms with van der Waals surface area (Å²) in [6.45, 7) is 4.43. The molecule has 0 heterocycles. The normalized spacial score (nSPS) is 15.7. The van der Waals surface area contributed by atoms with Crippen LogP contribution in [-0.2, 0) is 22.4 Å². The molecule has 0 spiro atoms. The van der Waals surface area contributed by atoms with Crippen LogP contribution in [0.4, 0.5) is 17.6 Å². The number of benzene rings is 2. The van der Waals surface area contributed by atoms with Crippen molar-refractivity contribution in [3.05, 3.63) is 58.9 Å². The van der Waals surface area contributed by atoms with Gasteiger partial charge in [0.05, 0.1) is 18.1 Å². The third-order valence-electron chi connectivity index (χ3n) is 7.07. The summed E-state index contributed by atoms with van der Waals surface area (Å²) in [5, 5.41) is 0. The Labute approximate surface area is 233 Å². The van der Waals surface area contributed by atoms with Gasteiger partial charge in [0.15, 0.2) is 17.7 Å². The smallest absolute Gasteiger partial charge is 0.425 e. The van der Waals surface area contributed by atoms with Crippen molar-refractivity contribution in [1.29, 1.82) is 0 Å². The van der Waals surface area contributed by atoms with Gasteiger partial charge in [-0.1, -0.05) is 52.0 Å². The molecule has 1 aliphatic carbocycles. The van der Waals surface area contributed by atoms with Gasteiger partial charge in [-0.3, -0.25) is 4.79 Å². The monoisotopic (exact) mass is 566 g/mol. The molecule has 2 aromatic carbocycles. The van der Waals surface area contributed by atoms with E-state index in [1.165, 1.54) is 12.1 Å². The Kier molecular flexibility index (Phi) is 11.8. The molecule has 2 aromatic rings.